The number of anilines is 1. The molecule has 3 N–H and O–H groups in total. The normalized spacial score (nSPS) is 11.9. The Kier molecular flexibility index (Phi) is 5.52. The molecule has 2 aromatic carbocycles. The quantitative estimate of drug-likeness (QED) is 0.840. The summed E-state index contributed by atoms with van der Waals surface area (Å²) in [5.41, 5.74) is 3.37. The van der Waals surface area contributed by atoms with Gasteiger partial charge in [-0.25, -0.2) is 0 Å². The highest BCUT2D eigenvalue weighted by molar-refractivity contribution is 5.91. The van der Waals surface area contributed by atoms with Gasteiger partial charge >= 0.3 is 0 Å². The second kappa shape index (κ2) is 7.60. The van der Waals surface area contributed by atoms with E-state index in [1.807, 2.05) is 47.8 Å². The van der Waals surface area contributed by atoms with Crippen LogP contribution in [0.4, 0.5) is 5.69 Å². The standard InChI is InChI=1S/C18H22N2O/c1-3-15-9-11-17(12-10-15)20-18(21)13-19-14(2)16-7-5-4-6-8-16/h4-12,14,19H,3,13H2,1-2H3,(H,20,21)/p+1/t14-/m0/s1. The Morgan fingerprint density at radius 1 is 1.10 bits per heavy atom. The highest BCUT2D eigenvalue weighted by Gasteiger charge is 2.11. The van der Waals surface area contributed by atoms with E-state index in [9.17, 15) is 4.79 Å². The lowest BCUT2D eigenvalue weighted by molar-refractivity contribution is -0.682. The van der Waals surface area contributed by atoms with Gasteiger partial charge in [0.2, 0.25) is 0 Å². The van der Waals surface area contributed by atoms with E-state index in [0.29, 0.717) is 6.54 Å². The summed E-state index contributed by atoms with van der Waals surface area (Å²) in [7, 11) is 0. The Balaban J connectivity index is 1.81. The van der Waals surface area contributed by atoms with Crippen molar-refractivity contribution in [2.24, 2.45) is 0 Å². The summed E-state index contributed by atoms with van der Waals surface area (Å²) < 4.78 is 0. The molecule has 0 saturated carbocycles. The summed E-state index contributed by atoms with van der Waals surface area (Å²) in [4.78, 5) is 12.0. The molecule has 3 nitrogen and oxygen atoms in total. The van der Waals surface area contributed by atoms with Crippen molar-refractivity contribution in [3.63, 3.8) is 0 Å². The minimum Gasteiger partial charge on any atom is -0.333 e. The molecule has 2 aromatic rings. The van der Waals surface area contributed by atoms with E-state index in [1.54, 1.807) is 0 Å². The minimum absolute atomic E-state index is 0.0297. The maximum Gasteiger partial charge on any atom is 0.279 e. The fourth-order valence-electron chi connectivity index (χ4n) is 2.21. The number of amides is 1. The van der Waals surface area contributed by atoms with Crippen molar-refractivity contribution in [2.45, 2.75) is 26.3 Å². The molecule has 3 heteroatoms. The Labute approximate surface area is 126 Å². The lowest BCUT2D eigenvalue weighted by Gasteiger charge is -2.11. The van der Waals surface area contributed by atoms with Crippen molar-refractivity contribution in [2.75, 3.05) is 11.9 Å². The zero-order chi connectivity index (χ0) is 15.1. The zero-order valence-electron chi connectivity index (χ0n) is 12.7. The van der Waals surface area contributed by atoms with Gasteiger partial charge in [-0.1, -0.05) is 49.4 Å². The molecule has 0 saturated heterocycles. The average Bonchev–Trinajstić information content (AvgIpc) is 2.54. The molecule has 1 atom stereocenters. The number of nitrogens with two attached hydrogens (primary N) is 1. The molecule has 0 heterocycles. The molecular formula is C18H23N2O+. The van der Waals surface area contributed by atoms with Crippen LogP contribution in [0.25, 0.3) is 0 Å². The van der Waals surface area contributed by atoms with Crippen LogP contribution in [0.15, 0.2) is 54.6 Å². The fourth-order valence-corrected chi connectivity index (χ4v) is 2.21. The van der Waals surface area contributed by atoms with Gasteiger partial charge in [-0.05, 0) is 31.0 Å². The van der Waals surface area contributed by atoms with Crippen molar-refractivity contribution >= 4 is 11.6 Å². The van der Waals surface area contributed by atoms with Gasteiger partial charge in [0.1, 0.15) is 6.04 Å². The van der Waals surface area contributed by atoms with Gasteiger partial charge in [0.15, 0.2) is 6.54 Å². The average molecular weight is 283 g/mol. The second-order valence-electron chi connectivity index (χ2n) is 5.24. The maximum absolute atomic E-state index is 12.0. The highest BCUT2D eigenvalue weighted by Crippen LogP contribution is 2.09. The monoisotopic (exact) mass is 283 g/mol. The van der Waals surface area contributed by atoms with Gasteiger partial charge < -0.3 is 10.6 Å². The molecule has 0 unspecified atom stereocenters. The topological polar surface area (TPSA) is 45.7 Å². The van der Waals surface area contributed by atoms with Gasteiger partial charge in [0.25, 0.3) is 5.91 Å². The highest BCUT2D eigenvalue weighted by atomic mass is 16.1. The molecule has 0 fully saturated rings. The van der Waals surface area contributed by atoms with Crippen LogP contribution in [-0.2, 0) is 11.2 Å². The minimum atomic E-state index is 0.0297. The van der Waals surface area contributed by atoms with Gasteiger partial charge in [-0.2, -0.15) is 0 Å². The third kappa shape index (κ3) is 4.72. The molecule has 0 aliphatic rings. The predicted octanol–water partition coefficient (Wildman–Crippen LogP) is 2.51. The number of nitrogens with one attached hydrogen (secondary N) is 1. The third-order valence-corrected chi connectivity index (χ3v) is 3.63. The lowest BCUT2D eigenvalue weighted by Crippen LogP contribution is -2.86. The summed E-state index contributed by atoms with van der Waals surface area (Å²) in [5, 5.41) is 4.98. The van der Waals surface area contributed by atoms with Crippen LogP contribution in [-0.4, -0.2) is 12.5 Å². The molecule has 21 heavy (non-hydrogen) atoms. The molecule has 0 aromatic heterocycles. The van der Waals surface area contributed by atoms with Crippen molar-refractivity contribution in [1.29, 1.82) is 0 Å². The van der Waals surface area contributed by atoms with E-state index in [0.717, 1.165) is 12.1 Å². The predicted molar refractivity (Wildman–Crippen MR) is 86.1 cm³/mol. The third-order valence-electron chi connectivity index (χ3n) is 3.63. The number of rotatable bonds is 6. The van der Waals surface area contributed by atoms with Crippen LogP contribution in [0, 0.1) is 0 Å². The maximum atomic E-state index is 12.0. The molecule has 1 amide bonds. The van der Waals surface area contributed by atoms with Crippen LogP contribution in [0.2, 0.25) is 0 Å². The fraction of sp³-hybridized carbons (Fsp3) is 0.278. The van der Waals surface area contributed by atoms with E-state index in [-0.39, 0.29) is 11.9 Å². The van der Waals surface area contributed by atoms with E-state index >= 15 is 0 Å². The smallest absolute Gasteiger partial charge is 0.279 e. The van der Waals surface area contributed by atoms with Crippen LogP contribution in [0.3, 0.4) is 0 Å². The first-order valence-corrected chi connectivity index (χ1v) is 7.46. The van der Waals surface area contributed by atoms with Crippen LogP contribution >= 0.6 is 0 Å². The van der Waals surface area contributed by atoms with Gasteiger partial charge in [0, 0.05) is 11.3 Å². The van der Waals surface area contributed by atoms with Crippen LogP contribution in [0.5, 0.6) is 0 Å². The van der Waals surface area contributed by atoms with E-state index < -0.39 is 0 Å². The van der Waals surface area contributed by atoms with Gasteiger partial charge in [-0.3, -0.25) is 4.79 Å². The van der Waals surface area contributed by atoms with Crippen LogP contribution in [0.1, 0.15) is 31.0 Å². The molecule has 0 spiro atoms. The largest absolute Gasteiger partial charge is 0.333 e. The molecule has 0 aliphatic heterocycles. The van der Waals surface area contributed by atoms with Crippen molar-refractivity contribution in [3.8, 4) is 0 Å². The Bertz CT molecular complexity index is 564. The van der Waals surface area contributed by atoms with E-state index in [1.165, 1.54) is 11.1 Å². The van der Waals surface area contributed by atoms with Gasteiger partial charge in [-0.15, -0.1) is 0 Å². The Morgan fingerprint density at radius 3 is 2.38 bits per heavy atom. The molecular weight excluding hydrogens is 260 g/mol. The molecule has 0 radical (unpaired) electrons. The van der Waals surface area contributed by atoms with Crippen LogP contribution < -0.4 is 10.6 Å². The molecule has 0 bridgehead atoms. The molecule has 0 aliphatic carbocycles. The summed E-state index contributed by atoms with van der Waals surface area (Å²) in [6.45, 7) is 4.65. The first-order valence-electron chi connectivity index (χ1n) is 7.46. The van der Waals surface area contributed by atoms with Crippen molar-refractivity contribution in [3.05, 3.63) is 65.7 Å². The first-order chi connectivity index (χ1) is 10.2. The lowest BCUT2D eigenvalue weighted by atomic mass is 10.1. The number of quaternary nitrogens is 1. The Morgan fingerprint density at radius 2 is 1.76 bits per heavy atom. The summed E-state index contributed by atoms with van der Waals surface area (Å²) in [5.74, 6) is 0.0297. The number of benzene rings is 2. The molecule has 110 valence electrons. The molecule has 2 rings (SSSR count). The summed E-state index contributed by atoms with van der Waals surface area (Å²) in [6.07, 6.45) is 1.01. The van der Waals surface area contributed by atoms with E-state index in [2.05, 4.69) is 31.3 Å². The first kappa shape index (κ1) is 15.3. The van der Waals surface area contributed by atoms with Gasteiger partial charge in [0.05, 0.1) is 0 Å². The number of carbonyl (C=O) groups excluding carboxylic acids is 1. The van der Waals surface area contributed by atoms with Crippen molar-refractivity contribution in [1.82, 2.24) is 0 Å². The number of hydrogen-bond donors (Lipinski definition) is 2. The summed E-state index contributed by atoms with van der Waals surface area (Å²) >= 11 is 0. The zero-order valence-corrected chi connectivity index (χ0v) is 12.7. The number of carbonyl (C=O) groups is 1. The SMILES string of the molecule is CCc1ccc(NC(=O)C[NH2+][C@@H](C)c2ccccc2)cc1. The number of hydrogen-bond acceptors (Lipinski definition) is 1. The van der Waals surface area contributed by atoms with Crippen molar-refractivity contribution < 1.29 is 10.1 Å². The summed E-state index contributed by atoms with van der Waals surface area (Å²) in [6, 6.07) is 18.5. The second-order valence-corrected chi connectivity index (χ2v) is 5.24. The van der Waals surface area contributed by atoms with E-state index in [4.69, 9.17) is 0 Å². The number of aryl methyl sites for hydroxylation is 1. The Hall–Kier alpha value is -2.13.